The molecule has 0 aliphatic rings. The molecule has 1 atom stereocenters. The largest absolute Gasteiger partial charge is 0.497 e. The van der Waals surface area contributed by atoms with Crippen LogP contribution in [0.25, 0.3) is 0 Å². The Morgan fingerprint density at radius 1 is 1.09 bits per heavy atom. The highest BCUT2D eigenvalue weighted by Crippen LogP contribution is 2.25. The van der Waals surface area contributed by atoms with Crippen LogP contribution in [0.5, 0.6) is 5.75 Å². The van der Waals surface area contributed by atoms with Crippen molar-refractivity contribution in [3.8, 4) is 5.75 Å². The number of halogens is 2. The van der Waals surface area contributed by atoms with E-state index >= 15 is 0 Å². The number of methoxy groups -OCH3 is 1. The van der Waals surface area contributed by atoms with Gasteiger partial charge in [0.25, 0.3) is 0 Å². The number of nitrogens with zero attached hydrogens (tertiary/aromatic N) is 1. The Balaban J connectivity index is 1.86. The van der Waals surface area contributed by atoms with Crippen LogP contribution in [0.2, 0.25) is 5.02 Å². The van der Waals surface area contributed by atoms with Crippen molar-refractivity contribution in [2.24, 2.45) is 0 Å². The summed E-state index contributed by atoms with van der Waals surface area (Å²) in [6.45, 7) is 2.71. The molecule has 3 aromatic rings. The van der Waals surface area contributed by atoms with Gasteiger partial charge in [0.05, 0.1) is 24.6 Å². The lowest BCUT2D eigenvalue weighted by atomic mass is 10.1. The topological polar surface area (TPSA) is 75.7 Å². The van der Waals surface area contributed by atoms with Gasteiger partial charge in [-0.15, -0.1) is 0 Å². The first-order chi connectivity index (χ1) is 16.1. The van der Waals surface area contributed by atoms with E-state index in [2.05, 4.69) is 5.32 Å². The summed E-state index contributed by atoms with van der Waals surface area (Å²) in [7, 11) is -2.56. The summed E-state index contributed by atoms with van der Waals surface area (Å²) in [5.74, 6) is -0.505. The number of carbonyl (C=O) groups is 1. The first-order valence-corrected chi connectivity index (χ1v) is 12.4. The van der Waals surface area contributed by atoms with Gasteiger partial charge in [-0.3, -0.25) is 4.79 Å². The predicted octanol–water partition coefficient (Wildman–Crippen LogP) is 4.86. The van der Waals surface area contributed by atoms with E-state index in [1.54, 1.807) is 38.3 Å². The number of ether oxygens (including phenoxy) is 1. The molecule has 3 aromatic carbocycles. The molecule has 0 heterocycles. The van der Waals surface area contributed by atoms with E-state index in [-0.39, 0.29) is 21.5 Å². The van der Waals surface area contributed by atoms with Crippen LogP contribution in [0.3, 0.4) is 0 Å². The highest BCUT2D eigenvalue weighted by atomic mass is 35.5. The molecule has 0 radical (unpaired) electrons. The normalized spacial score (nSPS) is 12.4. The number of hydrogen-bond donors (Lipinski definition) is 1. The number of amides is 1. The third kappa shape index (κ3) is 6.14. The molecule has 1 N–H and O–H groups in total. The van der Waals surface area contributed by atoms with Crippen LogP contribution in [-0.2, 0) is 21.4 Å². The number of sulfonamides is 1. The van der Waals surface area contributed by atoms with Crippen molar-refractivity contribution >= 4 is 27.5 Å². The van der Waals surface area contributed by atoms with E-state index < -0.39 is 34.8 Å². The van der Waals surface area contributed by atoms with Crippen LogP contribution >= 0.6 is 11.6 Å². The minimum absolute atomic E-state index is 0.00145. The van der Waals surface area contributed by atoms with E-state index in [0.717, 1.165) is 15.4 Å². The molecule has 6 nitrogen and oxygen atoms in total. The molecule has 9 heteroatoms. The van der Waals surface area contributed by atoms with Gasteiger partial charge in [-0.2, -0.15) is 4.31 Å². The summed E-state index contributed by atoms with van der Waals surface area (Å²) in [5.41, 5.74) is 1.70. The smallest absolute Gasteiger partial charge is 0.243 e. The average molecular weight is 505 g/mol. The number of aryl methyl sites for hydroxylation is 1. The number of benzene rings is 3. The Morgan fingerprint density at radius 3 is 2.32 bits per heavy atom. The van der Waals surface area contributed by atoms with Crippen LogP contribution in [-0.4, -0.2) is 32.3 Å². The van der Waals surface area contributed by atoms with Crippen LogP contribution in [0.4, 0.5) is 4.39 Å². The number of rotatable bonds is 9. The van der Waals surface area contributed by atoms with E-state index in [4.69, 9.17) is 16.3 Å². The fraction of sp³-hybridized carbons (Fsp3) is 0.240. The monoisotopic (exact) mass is 504 g/mol. The van der Waals surface area contributed by atoms with Crippen molar-refractivity contribution in [3.63, 3.8) is 0 Å². The van der Waals surface area contributed by atoms with E-state index in [1.807, 2.05) is 19.1 Å². The molecule has 0 spiro atoms. The average Bonchev–Trinajstić information content (AvgIpc) is 2.81. The van der Waals surface area contributed by atoms with Crippen molar-refractivity contribution in [1.82, 2.24) is 9.62 Å². The molecule has 180 valence electrons. The zero-order valence-corrected chi connectivity index (χ0v) is 20.7. The molecule has 0 unspecified atom stereocenters. The SMILES string of the molecule is COc1ccc([C@@H](C)NC(=O)CN(Cc2c(F)cccc2Cl)S(=O)(=O)c2ccc(C)cc2)cc1. The van der Waals surface area contributed by atoms with Gasteiger partial charge in [0.15, 0.2) is 0 Å². The predicted molar refractivity (Wildman–Crippen MR) is 130 cm³/mol. The second-order valence-electron chi connectivity index (χ2n) is 7.85. The van der Waals surface area contributed by atoms with Crippen molar-refractivity contribution in [3.05, 3.63) is 94.3 Å². The molecular formula is C25H26ClFN2O4S. The lowest BCUT2D eigenvalue weighted by molar-refractivity contribution is -0.122. The maximum Gasteiger partial charge on any atom is 0.243 e. The fourth-order valence-corrected chi connectivity index (χ4v) is 4.96. The van der Waals surface area contributed by atoms with Gasteiger partial charge in [-0.25, -0.2) is 12.8 Å². The molecule has 3 rings (SSSR count). The van der Waals surface area contributed by atoms with Gasteiger partial charge in [0.2, 0.25) is 15.9 Å². The molecule has 1 amide bonds. The second-order valence-corrected chi connectivity index (χ2v) is 10.2. The first kappa shape index (κ1) is 25.7. The Bertz CT molecular complexity index is 1230. The Labute approximate surface area is 204 Å². The molecule has 34 heavy (non-hydrogen) atoms. The standard InChI is InChI=1S/C25H26ClFN2O4S/c1-17-7-13-21(14-8-17)34(31,32)29(15-22-23(26)5-4-6-24(22)27)16-25(30)28-18(2)19-9-11-20(33-3)12-10-19/h4-14,18H,15-16H2,1-3H3,(H,28,30)/t18-/m1/s1. The summed E-state index contributed by atoms with van der Waals surface area (Å²) < 4.78 is 47.3. The Hall–Kier alpha value is -2.94. The van der Waals surface area contributed by atoms with Gasteiger partial charge in [-0.1, -0.05) is 47.5 Å². The van der Waals surface area contributed by atoms with Crippen molar-refractivity contribution in [2.75, 3.05) is 13.7 Å². The third-order valence-corrected chi connectivity index (χ3v) is 7.53. The fourth-order valence-electron chi connectivity index (χ4n) is 3.37. The first-order valence-electron chi connectivity index (χ1n) is 10.5. The van der Waals surface area contributed by atoms with E-state index in [1.165, 1.54) is 30.3 Å². The van der Waals surface area contributed by atoms with Gasteiger partial charge in [0, 0.05) is 17.1 Å². The van der Waals surface area contributed by atoms with Crippen LogP contribution < -0.4 is 10.1 Å². The molecule has 0 bridgehead atoms. The zero-order chi connectivity index (χ0) is 24.9. The van der Waals surface area contributed by atoms with Crippen molar-refractivity contribution in [2.45, 2.75) is 31.3 Å². The third-order valence-electron chi connectivity index (χ3n) is 5.37. The van der Waals surface area contributed by atoms with Gasteiger partial charge < -0.3 is 10.1 Å². The number of carbonyl (C=O) groups excluding carboxylic acids is 1. The summed E-state index contributed by atoms with van der Waals surface area (Å²) >= 11 is 6.14. The van der Waals surface area contributed by atoms with Gasteiger partial charge >= 0.3 is 0 Å². The van der Waals surface area contributed by atoms with Crippen LogP contribution in [0.1, 0.15) is 29.7 Å². The molecule has 0 aliphatic carbocycles. The van der Waals surface area contributed by atoms with E-state index in [9.17, 15) is 17.6 Å². The van der Waals surface area contributed by atoms with Gasteiger partial charge in [-0.05, 0) is 55.8 Å². The number of nitrogens with one attached hydrogen (secondary N) is 1. The number of hydrogen-bond acceptors (Lipinski definition) is 4. The summed E-state index contributed by atoms with van der Waals surface area (Å²) in [4.78, 5) is 12.9. The quantitative estimate of drug-likeness (QED) is 0.451. The zero-order valence-electron chi connectivity index (χ0n) is 19.1. The maximum atomic E-state index is 14.5. The summed E-state index contributed by atoms with van der Waals surface area (Å²) in [5, 5.41) is 2.88. The van der Waals surface area contributed by atoms with Crippen LogP contribution in [0, 0.1) is 12.7 Å². The summed E-state index contributed by atoms with van der Waals surface area (Å²) in [6.07, 6.45) is 0. The molecular weight excluding hydrogens is 479 g/mol. The molecule has 0 saturated carbocycles. The van der Waals surface area contributed by atoms with Gasteiger partial charge in [0.1, 0.15) is 11.6 Å². The Morgan fingerprint density at radius 2 is 1.74 bits per heavy atom. The highest BCUT2D eigenvalue weighted by molar-refractivity contribution is 7.89. The van der Waals surface area contributed by atoms with Crippen LogP contribution in [0.15, 0.2) is 71.6 Å². The lowest BCUT2D eigenvalue weighted by Crippen LogP contribution is -2.41. The highest BCUT2D eigenvalue weighted by Gasteiger charge is 2.29. The second kappa shape index (κ2) is 11.0. The molecule has 0 saturated heterocycles. The molecule has 0 fully saturated rings. The molecule has 0 aromatic heterocycles. The Kier molecular flexibility index (Phi) is 8.30. The van der Waals surface area contributed by atoms with E-state index in [0.29, 0.717) is 5.75 Å². The minimum Gasteiger partial charge on any atom is -0.497 e. The minimum atomic E-state index is -4.12. The maximum absolute atomic E-state index is 14.5. The lowest BCUT2D eigenvalue weighted by Gasteiger charge is -2.24. The van der Waals surface area contributed by atoms with Crippen molar-refractivity contribution in [1.29, 1.82) is 0 Å². The van der Waals surface area contributed by atoms with Crippen molar-refractivity contribution < 1.29 is 22.3 Å². The summed E-state index contributed by atoms with van der Waals surface area (Å²) in [6, 6.07) is 17.1. The molecule has 0 aliphatic heterocycles.